The van der Waals surface area contributed by atoms with Gasteiger partial charge in [0, 0.05) is 31.4 Å². The second-order valence-electron chi connectivity index (χ2n) is 5.85. The molecule has 2 rings (SSSR count). The van der Waals surface area contributed by atoms with Gasteiger partial charge in [0.25, 0.3) is 0 Å². The van der Waals surface area contributed by atoms with Crippen LogP contribution in [-0.4, -0.2) is 19.1 Å². The standard InChI is InChI=1S/C16H26N2/c1-12(2)17-11-15-7-5-6-8-16(15)18(4)13(3)14-9-10-14/h5-8,12-14,17H,9-11H2,1-4H3. The smallest absolute Gasteiger partial charge is 0.0411 e. The fourth-order valence-corrected chi connectivity index (χ4v) is 2.43. The molecule has 0 amide bonds. The highest BCUT2D eigenvalue weighted by molar-refractivity contribution is 5.54. The molecule has 1 fully saturated rings. The van der Waals surface area contributed by atoms with Crippen LogP contribution in [0.25, 0.3) is 0 Å². The van der Waals surface area contributed by atoms with E-state index < -0.39 is 0 Å². The minimum absolute atomic E-state index is 0.532. The summed E-state index contributed by atoms with van der Waals surface area (Å²) < 4.78 is 0. The third kappa shape index (κ3) is 3.26. The molecule has 1 N–H and O–H groups in total. The van der Waals surface area contributed by atoms with Gasteiger partial charge in [-0.15, -0.1) is 0 Å². The normalized spacial score (nSPS) is 16.9. The molecule has 1 aromatic carbocycles. The minimum Gasteiger partial charge on any atom is -0.371 e. The van der Waals surface area contributed by atoms with Crippen LogP contribution >= 0.6 is 0 Å². The van der Waals surface area contributed by atoms with E-state index >= 15 is 0 Å². The maximum Gasteiger partial charge on any atom is 0.0411 e. The van der Waals surface area contributed by atoms with Crippen LogP contribution in [0.4, 0.5) is 5.69 Å². The van der Waals surface area contributed by atoms with Crippen LogP contribution in [0, 0.1) is 5.92 Å². The van der Waals surface area contributed by atoms with E-state index in [1.54, 1.807) is 0 Å². The number of benzene rings is 1. The summed E-state index contributed by atoms with van der Waals surface area (Å²) in [5.41, 5.74) is 2.78. The van der Waals surface area contributed by atoms with Crippen molar-refractivity contribution in [1.82, 2.24) is 5.32 Å². The molecule has 1 saturated carbocycles. The monoisotopic (exact) mass is 246 g/mol. The van der Waals surface area contributed by atoms with Crippen molar-refractivity contribution in [1.29, 1.82) is 0 Å². The summed E-state index contributed by atoms with van der Waals surface area (Å²) in [4.78, 5) is 2.45. The van der Waals surface area contributed by atoms with Crippen molar-refractivity contribution >= 4 is 5.69 Å². The zero-order valence-corrected chi connectivity index (χ0v) is 12.1. The lowest BCUT2D eigenvalue weighted by atomic mass is 10.1. The molecule has 0 aliphatic heterocycles. The molecule has 18 heavy (non-hydrogen) atoms. The van der Waals surface area contributed by atoms with Crippen LogP contribution in [-0.2, 0) is 6.54 Å². The van der Waals surface area contributed by atoms with Crippen LogP contribution in [0.3, 0.4) is 0 Å². The summed E-state index contributed by atoms with van der Waals surface area (Å²) in [6.07, 6.45) is 2.80. The molecular formula is C16H26N2. The van der Waals surface area contributed by atoms with Gasteiger partial charge in [0.2, 0.25) is 0 Å². The van der Waals surface area contributed by atoms with Gasteiger partial charge in [-0.1, -0.05) is 32.0 Å². The highest BCUT2D eigenvalue weighted by Gasteiger charge is 2.31. The van der Waals surface area contributed by atoms with Gasteiger partial charge in [0.05, 0.1) is 0 Å². The Bertz CT molecular complexity index is 382. The number of para-hydroxylation sites is 1. The Hall–Kier alpha value is -1.02. The average Bonchev–Trinajstić information content (AvgIpc) is 3.19. The van der Waals surface area contributed by atoms with E-state index in [0.717, 1.165) is 12.5 Å². The number of nitrogens with zero attached hydrogens (tertiary/aromatic N) is 1. The second-order valence-corrected chi connectivity index (χ2v) is 5.85. The average molecular weight is 246 g/mol. The quantitative estimate of drug-likeness (QED) is 0.827. The first-order chi connectivity index (χ1) is 8.59. The van der Waals surface area contributed by atoms with Crippen molar-refractivity contribution in [2.45, 2.75) is 52.2 Å². The lowest BCUT2D eigenvalue weighted by Crippen LogP contribution is -2.32. The van der Waals surface area contributed by atoms with Gasteiger partial charge in [-0.05, 0) is 37.3 Å². The SMILES string of the molecule is CC(C)NCc1ccccc1N(C)C(C)C1CC1. The molecular weight excluding hydrogens is 220 g/mol. The van der Waals surface area contributed by atoms with E-state index in [9.17, 15) is 0 Å². The van der Waals surface area contributed by atoms with Crippen molar-refractivity contribution in [3.8, 4) is 0 Å². The Kier molecular flexibility index (Phi) is 4.28. The number of anilines is 1. The van der Waals surface area contributed by atoms with Crippen LogP contribution in [0.5, 0.6) is 0 Å². The van der Waals surface area contributed by atoms with Crippen molar-refractivity contribution in [3.05, 3.63) is 29.8 Å². The number of hydrogen-bond donors (Lipinski definition) is 1. The first-order valence-electron chi connectivity index (χ1n) is 7.13. The first kappa shape index (κ1) is 13.4. The fraction of sp³-hybridized carbons (Fsp3) is 0.625. The molecule has 1 unspecified atom stereocenters. The van der Waals surface area contributed by atoms with Gasteiger partial charge in [-0.3, -0.25) is 0 Å². The second kappa shape index (κ2) is 5.75. The van der Waals surface area contributed by atoms with Gasteiger partial charge >= 0.3 is 0 Å². The van der Waals surface area contributed by atoms with E-state index in [1.165, 1.54) is 24.1 Å². The van der Waals surface area contributed by atoms with Crippen LogP contribution in [0.1, 0.15) is 39.2 Å². The van der Waals surface area contributed by atoms with Gasteiger partial charge < -0.3 is 10.2 Å². The van der Waals surface area contributed by atoms with E-state index in [0.29, 0.717) is 12.1 Å². The summed E-state index contributed by atoms with van der Waals surface area (Å²) in [6, 6.07) is 9.95. The number of hydrogen-bond acceptors (Lipinski definition) is 2. The molecule has 0 aromatic heterocycles. The predicted octanol–water partition coefficient (Wildman–Crippen LogP) is 3.42. The lowest BCUT2D eigenvalue weighted by Gasteiger charge is -2.29. The Morgan fingerprint density at radius 3 is 2.50 bits per heavy atom. The molecule has 1 aliphatic rings. The molecule has 2 heteroatoms. The molecule has 0 saturated heterocycles. The van der Waals surface area contributed by atoms with E-state index in [2.05, 4.69) is 62.3 Å². The zero-order valence-electron chi connectivity index (χ0n) is 12.1. The minimum atomic E-state index is 0.532. The van der Waals surface area contributed by atoms with E-state index in [1.807, 2.05) is 0 Å². The number of rotatable bonds is 6. The molecule has 1 aromatic rings. The number of nitrogens with one attached hydrogen (secondary N) is 1. The maximum atomic E-state index is 3.51. The molecule has 0 radical (unpaired) electrons. The van der Waals surface area contributed by atoms with E-state index in [4.69, 9.17) is 0 Å². The Balaban J connectivity index is 2.10. The molecule has 0 bridgehead atoms. The third-order valence-electron chi connectivity index (χ3n) is 3.99. The highest BCUT2D eigenvalue weighted by Crippen LogP contribution is 2.36. The summed E-state index contributed by atoms with van der Waals surface area (Å²) in [7, 11) is 2.23. The topological polar surface area (TPSA) is 15.3 Å². The fourth-order valence-electron chi connectivity index (χ4n) is 2.43. The van der Waals surface area contributed by atoms with Crippen molar-refractivity contribution in [2.75, 3.05) is 11.9 Å². The predicted molar refractivity (Wildman–Crippen MR) is 79.0 cm³/mol. The van der Waals surface area contributed by atoms with Crippen molar-refractivity contribution < 1.29 is 0 Å². The molecule has 0 heterocycles. The van der Waals surface area contributed by atoms with Crippen LogP contribution in [0.2, 0.25) is 0 Å². The highest BCUT2D eigenvalue weighted by atomic mass is 15.1. The molecule has 1 aliphatic carbocycles. The van der Waals surface area contributed by atoms with Gasteiger partial charge in [0.15, 0.2) is 0 Å². The molecule has 1 atom stereocenters. The molecule has 2 nitrogen and oxygen atoms in total. The van der Waals surface area contributed by atoms with Gasteiger partial charge in [0.1, 0.15) is 0 Å². The van der Waals surface area contributed by atoms with Crippen molar-refractivity contribution in [2.24, 2.45) is 5.92 Å². The third-order valence-corrected chi connectivity index (χ3v) is 3.99. The summed E-state index contributed by atoms with van der Waals surface area (Å²) in [5.74, 6) is 0.904. The van der Waals surface area contributed by atoms with Crippen molar-refractivity contribution in [3.63, 3.8) is 0 Å². The van der Waals surface area contributed by atoms with Crippen LogP contribution in [0.15, 0.2) is 24.3 Å². The van der Waals surface area contributed by atoms with E-state index in [-0.39, 0.29) is 0 Å². The van der Waals surface area contributed by atoms with Gasteiger partial charge in [-0.25, -0.2) is 0 Å². The Morgan fingerprint density at radius 2 is 1.89 bits per heavy atom. The lowest BCUT2D eigenvalue weighted by molar-refractivity contribution is 0.579. The summed E-state index contributed by atoms with van der Waals surface area (Å²) in [5, 5.41) is 3.51. The maximum absolute atomic E-state index is 3.51. The Morgan fingerprint density at radius 1 is 1.22 bits per heavy atom. The molecule has 0 spiro atoms. The molecule has 100 valence electrons. The largest absolute Gasteiger partial charge is 0.371 e. The summed E-state index contributed by atoms with van der Waals surface area (Å²) in [6.45, 7) is 7.69. The zero-order chi connectivity index (χ0) is 13.1. The summed E-state index contributed by atoms with van der Waals surface area (Å²) >= 11 is 0. The Labute approximate surface area is 111 Å². The van der Waals surface area contributed by atoms with Crippen LogP contribution < -0.4 is 10.2 Å². The first-order valence-corrected chi connectivity index (χ1v) is 7.13. The van der Waals surface area contributed by atoms with Gasteiger partial charge in [-0.2, -0.15) is 0 Å².